The Hall–Kier alpha value is -1.84. The number of hydrogen-bond donors (Lipinski definition) is 0. The van der Waals surface area contributed by atoms with E-state index in [4.69, 9.17) is 9.47 Å². The molecule has 4 heteroatoms. The van der Waals surface area contributed by atoms with Crippen LogP contribution < -0.4 is 4.74 Å². The summed E-state index contributed by atoms with van der Waals surface area (Å²) in [4.78, 5) is 12.1. The summed E-state index contributed by atoms with van der Waals surface area (Å²) in [6.07, 6.45) is 3.12. The monoisotopic (exact) mass is 290 g/mol. The van der Waals surface area contributed by atoms with Crippen molar-refractivity contribution in [3.05, 3.63) is 35.7 Å². The first-order valence-corrected chi connectivity index (χ1v) is 7.42. The van der Waals surface area contributed by atoms with Crippen LogP contribution >= 0.6 is 0 Å². The van der Waals surface area contributed by atoms with Crippen molar-refractivity contribution in [1.82, 2.24) is 0 Å². The first kappa shape index (κ1) is 14.1. The lowest BCUT2D eigenvalue weighted by molar-refractivity contribution is -0.129. The van der Waals surface area contributed by atoms with Crippen molar-refractivity contribution >= 4 is 11.5 Å². The molecule has 112 valence electrons. The van der Waals surface area contributed by atoms with Crippen molar-refractivity contribution in [2.75, 3.05) is 0 Å². The number of benzene rings is 1. The number of ketones is 1. The number of ether oxygens (including phenoxy) is 2. The molecule has 0 unspecified atom stereocenters. The largest absolute Gasteiger partial charge is 0.491 e. The van der Waals surface area contributed by atoms with Crippen LogP contribution in [0.15, 0.2) is 30.1 Å². The van der Waals surface area contributed by atoms with Crippen molar-refractivity contribution in [2.45, 2.75) is 51.2 Å². The Balaban J connectivity index is 1.85. The molecule has 1 spiro atoms. The quantitative estimate of drug-likeness (QED) is 0.843. The highest BCUT2D eigenvalue weighted by Crippen LogP contribution is 2.46. The van der Waals surface area contributed by atoms with E-state index < -0.39 is 17.2 Å². The molecule has 2 aliphatic rings. The van der Waals surface area contributed by atoms with E-state index in [1.807, 2.05) is 13.8 Å². The van der Waals surface area contributed by atoms with E-state index >= 15 is 0 Å². The number of halogens is 1. The number of Topliss-reactive ketones (excluding diaryl/α,β-unsaturated/α-hetero) is 1. The van der Waals surface area contributed by atoms with Crippen molar-refractivity contribution < 1.29 is 18.7 Å². The van der Waals surface area contributed by atoms with E-state index in [-0.39, 0.29) is 11.9 Å². The van der Waals surface area contributed by atoms with Crippen LogP contribution in [0.1, 0.15) is 45.1 Å². The van der Waals surface area contributed by atoms with Crippen LogP contribution in [0.3, 0.4) is 0 Å². The molecule has 3 rings (SSSR count). The molecule has 1 aromatic rings. The van der Waals surface area contributed by atoms with Gasteiger partial charge in [-0.15, -0.1) is 0 Å². The van der Waals surface area contributed by atoms with Crippen LogP contribution in [0.4, 0.5) is 4.39 Å². The summed E-state index contributed by atoms with van der Waals surface area (Å²) in [7, 11) is 0. The molecule has 0 atom stereocenters. The van der Waals surface area contributed by atoms with Gasteiger partial charge in [0.25, 0.3) is 0 Å². The number of rotatable bonds is 3. The second-order valence-electron chi connectivity index (χ2n) is 5.97. The highest BCUT2D eigenvalue weighted by atomic mass is 19.1. The molecule has 0 amide bonds. The second kappa shape index (κ2) is 5.17. The van der Waals surface area contributed by atoms with Gasteiger partial charge in [0.1, 0.15) is 5.75 Å². The summed E-state index contributed by atoms with van der Waals surface area (Å²) in [5, 5.41) is 0. The van der Waals surface area contributed by atoms with Crippen molar-refractivity contribution in [1.29, 1.82) is 0 Å². The highest BCUT2D eigenvalue weighted by molar-refractivity contribution is 6.08. The number of carbonyl (C=O) groups is 1. The highest BCUT2D eigenvalue weighted by Gasteiger charge is 2.51. The minimum absolute atomic E-state index is 0.0814. The van der Waals surface area contributed by atoms with Gasteiger partial charge in [-0.2, -0.15) is 4.39 Å². The maximum absolute atomic E-state index is 14.2. The summed E-state index contributed by atoms with van der Waals surface area (Å²) < 4.78 is 25.6. The fourth-order valence-electron chi connectivity index (χ4n) is 3.01. The average Bonchev–Trinajstić information content (AvgIpc) is 3.01. The minimum Gasteiger partial charge on any atom is -0.491 e. The Kier molecular flexibility index (Phi) is 3.47. The molecule has 0 bridgehead atoms. The molecular formula is C17H19FO3. The lowest BCUT2D eigenvalue weighted by Crippen LogP contribution is -2.33. The molecule has 1 fully saturated rings. The first-order chi connectivity index (χ1) is 10.0. The van der Waals surface area contributed by atoms with Crippen molar-refractivity contribution in [3.63, 3.8) is 0 Å². The topological polar surface area (TPSA) is 35.5 Å². The molecule has 1 saturated carbocycles. The van der Waals surface area contributed by atoms with Gasteiger partial charge in [0.05, 0.1) is 6.10 Å². The van der Waals surface area contributed by atoms with Gasteiger partial charge in [0, 0.05) is 5.56 Å². The molecule has 1 heterocycles. The zero-order chi connectivity index (χ0) is 15.0. The first-order valence-electron chi connectivity index (χ1n) is 7.42. The summed E-state index contributed by atoms with van der Waals surface area (Å²) in [6, 6.07) is 6.99. The molecule has 1 aliphatic carbocycles. The zero-order valence-corrected chi connectivity index (χ0v) is 12.3. The molecule has 21 heavy (non-hydrogen) atoms. The molecule has 3 nitrogen and oxygen atoms in total. The van der Waals surface area contributed by atoms with Crippen LogP contribution in [0.5, 0.6) is 5.75 Å². The van der Waals surface area contributed by atoms with Gasteiger partial charge in [-0.25, -0.2) is 0 Å². The molecule has 0 saturated heterocycles. The number of hydrogen-bond acceptors (Lipinski definition) is 3. The van der Waals surface area contributed by atoms with Gasteiger partial charge in [-0.1, -0.05) is 0 Å². The molecule has 0 N–H and O–H groups in total. The van der Waals surface area contributed by atoms with E-state index in [9.17, 15) is 9.18 Å². The Morgan fingerprint density at radius 3 is 2.38 bits per heavy atom. The molecule has 1 aromatic carbocycles. The van der Waals surface area contributed by atoms with Crippen LogP contribution in [0.2, 0.25) is 0 Å². The van der Waals surface area contributed by atoms with Crippen molar-refractivity contribution in [2.24, 2.45) is 0 Å². The van der Waals surface area contributed by atoms with Gasteiger partial charge in [-0.3, -0.25) is 4.79 Å². The van der Waals surface area contributed by atoms with Gasteiger partial charge in [0.2, 0.25) is 11.6 Å². The molecule has 1 aliphatic heterocycles. The van der Waals surface area contributed by atoms with Gasteiger partial charge < -0.3 is 9.47 Å². The second-order valence-corrected chi connectivity index (χ2v) is 5.97. The van der Waals surface area contributed by atoms with Gasteiger partial charge >= 0.3 is 0 Å². The van der Waals surface area contributed by atoms with E-state index in [0.717, 1.165) is 18.6 Å². The average molecular weight is 290 g/mol. The third-order valence-electron chi connectivity index (χ3n) is 4.01. The van der Waals surface area contributed by atoms with Crippen LogP contribution in [-0.2, 0) is 9.53 Å². The van der Waals surface area contributed by atoms with Crippen LogP contribution in [0.25, 0.3) is 5.76 Å². The molecular weight excluding hydrogens is 271 g/mol. The van der Waals surface area contributed by atoms with Gasteiger partial charge in [0.15, 0.2) is 11.4 Å². The Labute approximate surface area is 123 Å². The summed E-state index contributed by atoms with van der Waals surface area (Å²) in [6.45, 7) is 3.89. The third-order valence-corrected chi connectivity index (χ3v) is 4.01. The summed E-state index contributed by atoms with van der Waals surface area (Å²) in [5.41, 5.74) is -0.354. The van der Waals surface area contributed by atoms with E-state index in [0.29, 0.717) is 18.4 Å². The summed E-state index contributed by atoms with van der Waals surface area (Å²) in [5.74, 6) is -0.431. The predicted molar refractivity (Wildman–Crippen MR) is 77.5 cm³/mol. The SMILES string of the molecule is CC(C)Oc1ccc(C2=C(F)C(=O)C3(CCCC3)O2)cc1. The van der Waals surface area contributed by atoms with Crippen molar-refractivity contribution in [3.8, 4) is 5.75 Å². The normalized spacial score (nSPS) is 20.5. The maximum atomic E-state index is 14.2. The van der Waals surface area contributed by atoms with E-state index in [1.165, 1.54) is 0 Å². The minimum atomic E-state index is -0.938. The maximum Gasteiger partial charge on any atom is 0.238 e. The van der Waals surface area contributed by atoms with E-state index in [1.54, 1.807) is 24.3 Å². The van der Waals surface area contributed by atoms with Crippen LogP contribution in [0, 0.1) is 0 Å². The van der Waals surface area contributed by atoms with Crippen LogP contribution in [-0.4, -0.2) is 17.5 Å². The third kappa shape index (κ3) is 2.43. The lowest BCUT2D eigenvalue weighted by Gasteiger charge is -2.22. The standard InChI is InChI=1S/C17H19FO3/c1-11(2)20-13-7-5-12(6-8-13)15-14(18)16(19)17(21-15)9-3-4-10-17/h5-8,11H,3-4,9-10H2,1-2H3. The summed E-state index contributed by atoms with van der Waals surface area (Å²) >= 11 is 0. The lowest BCUT2D eigenvalue weighted by atomic mass is 9.97. The smallest absolute Gasteiger partial charge is 0.238 e. The fraction of sp³-hybridized carbons (Fsp3) is 0.471. The Bertz CT molecular complexity index is 581. The molecule has 0 radical (unpaired) electrons. The fourth-order valence-corrected chi connectivity index (χ4v) is 3.01. The molecule has 0 aromatic heterocycles. The zero-order valence-electron chi connectivity index (χ0n) is 12.3. The van der Waals surface area contributed by atoms with Gasteiger partial charge in [-0.05, 0) is 63.8 Å². The Morgan fingerprint density at radius 2 is 1.81 bits per heavy atom. The Morgan fingerprint density at radius 1 is 1.19 bits per heavy atom. The van der Waals surface area contributed by atoms with E-state index in [2.05, 4.69) is 0 Å². The predicted octanol–water partition coefficient (Wildman–Crippen LogP) is 4.02. The number of carbonyl (C=O) groups excluding carboxylic acids is 1.